The minimum atomic E-state index is -0.117. The first-order valence-corrected chi connectivity index (χ1v) is 7.06. The summed E-state index contributed by atoms with van der Waals surface area (Å²) in [7, 11) is 0. The molecule has 0 saturated carbocycles. The fraction of sp³-hybridized carbons (Fsp3) is 0.438. The molecule has 114 valence electrons. The zero-order valence-corrected chi connectivity index (χ0v) is 12.0. The van der Waals surface area contributed by atoms with Gasteiger partial charge >= 0.3 is 0 Å². The van der Waals surface area contributed by atoms with Crippen LogP contribution in [0.4, 0.5) is 0 Å². The Balaban J connectivity index is 1.66. The maximum absolute atomic E-state index is 11.7. The van der Waals surface area contributed by atoms with E-state index in [0.717, 1.165) is 17.7 Å². The Morgan fingerprint density at radius 1 is 1.43 bits per heavy atom. The van der Waals surface area contributed by atoms with Crippen LogP contribution in [0, 0.1) is 0 Å². The molecule has 5 nitrogen and oxygen atoms in total. The van der Waals surface area contributed by atoms with E-state index >= 15 is 0 Å². The van der Waals surface area contributed by atoms with Crippen molar-refractivity contribution in [3.05, 3.63) is 42.5 Å². The molecule has 1 aromatic rings. The van der Waals surface area contributed by atoms with Crippen LogP contribution in [-0.2, 0) is 20.8 Å². The summed E-state index contributed by atoms with van der Waals surface area (Å²) in [4.78, 5) is 11.7. The van der Waals surface area contributed by atoms with Gasteiger partial charge in [-0.25, -0.2) is 0 Å². The molecule has 1 amide bonds. The van der Waals surface area contributed by atoms with Crippen LogP contribution in [0.15, 0.2) is 36.9 Å². The lowest BCUT2D eigenvalue weighted by Crippen LogP contribution is -2.29. The smallest absolute Gasteiger partial charge is 0.246 e. The predicted octanol–water partition coefficient (Wildman–Crippen LogP) is 1.67. The van der Waals surface area contributed by atoms with Gasteiger partial charge < -0.3 is 19.5 Å². The molecule has 1 aromatic carbocycles. The summed E-state index contributed by atoms with van der Waals surface area (Å²) < 4.78 is 16.0. The van der Waals surface area contributed by atoms with E-state index in [1.165, 1.54) is 0 Å². The lowest BCUT2D eigenvalue weighted by atomic mass is 10.2. The van der Waals surface area contributed by atoms with E-state index in [1.54, 1.807) is 6.08 Å². The van der Waals surface area contributed by atoms with Crippen molar-refractivity contribution in [1.29, 1.82) is 0 Å². The Morgan fingerprint density at radius 2 is 2.24 bits per heavy atom. The summed E-state index contributed by atoms with van der Waals surface area (Å²) in [6, 6.07) is 7.59. The molecule has 1 heterocycles. The van der Waals surface area contributed by atoms with Crippen LogP contribution in [0.1, 0.15) is 12.0 Å². The summed E-state index contributed by atoms with van der Waals surface area (Å²) in [6.45, 7) is 5.93. The van der Waals surface area contributed by atoms with Crippen molar-refractivity contribution in [2.75, 3.05) is 26.4 Å². The van der Waals surface area contributed by atoms with Gasteiger partial charge in [0.05, 0.1) is 12.7 Å². The third-order valence-corrected chi connectivity index (χ3v) is 3.12. The van der Waals surface area contributed by atoms with E-state index < -0.39 is 0 Å². The zero-order chi connectivity index (χ0) is 14.9. The maximum Gasteiger partial charge on any atom is 0.246 e. The van der Waals surface area contributed by atoms with Crippen molar-refractivity contribution < 1.29 is 19.0 Å². The first-order chi connectivity index (χ1) is 10.3. The molecule has 0 spiro atoms. The summed E-state index contributed by atoms with van der Waals surface area (Å²) >= 11 is 0. The van der Waals surface area contributed by atoms with Gasteiger partial charge in [-0.15, -0.1) is 0 Å². The average Bonchev–Trinajstić information content (AvgIpc) is 3.03. The van der Waals surface area contributed by atoms with E-state index in [0.29, 0.717) is 26.4 Å². The van der Waals surface area contributed by atoms with Crippen molar-refractivity contribution in [3.63, 3.8) is 0 Å². The molecule has 5 heteroatoms. The average molecular weight is 291 g/mol. The summed E-state index contributed by atoms with van der Waals surface area (Å²) in [5, 5.41) is 2.82. The van der Waals surface area contributed by atoms with Crippen LogP contribution < -0.4 is 10.1 Å². The fourth-order valence-corrected chi connectivity index (χ4v) is 1.95. The number of benzene rings is 1. The Kier molecular flexibility index (Phi) is 6.24. The van der Waals surface area contributed by atoms with E-state index in [2.05, 4.69) is 11.9 Å². The topological polar surface area (TPSA) is 56.8 Å². The predicted molar refractivity (Wildman–Crippen MR) is 79.2 cm³/mol. The highest BCUT2D eigenvalue weighted by Crippen LogP contribution is 2.12. The van der Waals surface area contributed by atoms with Gasteiger partial charge in [0, 0.05) is 13.2 Å². The molecule has 1 aliphatic rings. The van der Waals surface area contributed by atoms with Gasteiger partial charge in [-0.2, -0.15) is 0 Å². The molecule has 2 rings (SSSR count). The minimum Gasteiger partial charge on any atom is -0.490 e. The summed E-state index contributed by atoms with van der Waals surface area (Å²) in [5.41, 5.74) is 1.01. The highest BCUT2D eigenvalue weighted by Gasteiger charge is 2.17. The van der Waals surface area contributed by atoms with Gasteiger partial charge in [0.1, 0.15) is 19.0 Å². The van der Waals surface area contributed by atoms with Crippen LogP contribution in [-0.4, -0.2) is 38.4 Å². The lowest BCUT2D eigenvalue weighted by Gasteiger charge is -2.10. The Labute approximate surface area is 124 Å². The van der Waals surface area contributed by atoms with Crippen molar-refractivity contribution >= 4 is 5.91 Å². The van der Waals surface area contributed by atoms with Gasteiger partial charge in [-0.3, -0.25) is 4.79 Å². The van der Waals surface area contributed by atoms with Gasteiger partial charge in [0.25, 0.3) is 0 Å². The fourth-order valence-electron chi connectivity index (χ4n) is 1.95. The van der Waals surface area contributed by atoms with E-state index in [9.17, 15) is 4.79 Å². The van der Waals surface area contributed by atoms with E-state index in [-0.39, 0.29) is 18.6 Å². The first-order valence-electron chi connectivity index (χ1n) is 7.06. The molecular formula is C16H21NO4. The van der Waals surface area contributed by atoms with Gasteiger partial charge in [0.15, 0.2) is 0 Å². The maximum atomic E-state index is 11.7. The van der Waals surface area contributed by atoms with Crippen molar-refractivity contribution in [2.45, 2.75) is 19.1 Å². The second kappa shape index (κ2) is 8.44. The second-order valence-corrected chi connectivity index (χ2v) is 4.82. The standard InChI is InChI=1S/C16H21NO4/c1-2-8-20-14-5-3-13(4-6-14)10-17-16(18)12-21-15-7-9-19-11-15/h2-6,15H,1,7-12H2,(H,17,18)/t15-/m1/s1. The Morgan fingerprint density at radius 3 is 2.90 bits per heavy atom. The number of ether oxygens (including phenoxy) is 3. The van der Waals surface area contributed by atoms with Gasteiger partial charge in [-0.05, 0) is 24.1 Å². The third-order valence-electron chi connectivity index (χ3n) is 3.12. The van der Waals surface area contributed by atoms with E-state index in [1.807, 2.05) is 24.3 Å². The molecule has 0 aromatic heterocycles. The van der Waals surface area contributed by atoms with Gasteiger partial charge in [0.2, 0.25) is 5.91 Å². The largest absolute Gasteiger partial charge is 0.490 e. The highest BCUT2D eigenvalue weighted by molar-refractivity contribution is 5.77. The van der Waals surface area contributed by atoms with Crippen molar-refractivity contribution in [2.24, 2.45) is 0 Å². The summed E-state index contributed by atoms with van der Waals surface area (Å²) in [6.07, 6.45) is 2.61. The number of amides is 1. The SMILES string of the molecule is C=CCOc1ccc(CNC(=O)CO[C@@H]2CCOC2)cc1. The highest BCUT2D eigenvalue weighted by atomic mass is 16.5. The van der Waals surface area contributed by atoms with Crippen LogP contribution in [0.5, 0.6) is 5.75 Å². The molecule has 0 radical (unpaired) electrons. The van der Waals surface area contributed by atoms with Crippen LogP contribution in [0.25, 0.3) is 0 Å². The molecule has 1 atom stereocenters. The van der Waals surface area contributed by atoms with Crippen molar-refractivity contribution in [3.8, 4) is 5.75 Å². The number of hydrogen-bond acceptors (Lipinski definition) is 4. The lowest BCUT2D eigenvalue weighted by molar-refractivity contribution is -0.127. The van der Waals surface area contributed by atoms with Crippen LogP contribution in [0.2, 0.25) is 0 Å². The molecule has 1 fully saturated rings. The molecule has 1 N–H and O–H groups in total. The molecule has 0 aliphatic carbocycles. The van der Waals surface area contributed by atoms with Gasteiger partial charge in [-0.1, -0.05) is 24.8 Å². The number of carbonyl (C=O) groups is 1. The van der Waals surface area contributed by atoms with Crippen LogP contribution >= 0.6 is 0 Å². The number of nitrogens with one attached hydrogen (secondary N) is 1. The molecule has 1 aliphatic heterocycles. The number of hydrogen-bond donors (Lipinski definition) is 1. The zero-order valence-electron chi connectivity index (χ0n) is 12.0. The second-order valence-electron chi connectivity index (χ2n) is 4.82. The normalized spacial score (nSPS) is 17.4. The Hall–Kier alpha value is -1.85. The monoisotopic (exact) mass is 291 g/mol. The van der Waals surface area contributed by atoms with E-state index in [4.69, 9.17) is 14.2 Å². The quantitative estimate of drug-likeness (QED) is 0.740. The molecular weight excluding hydrogens is 270 g/mol. The molecule has 1 saturated heterocycles. The van der Waals surface area contributed by atoms with Crippen molar-refractivity contribution in [1.82, 2.24) is 5.32 Å². The summed E-state index contributed by atoms with van der Waals surface area (Å²) in [5.74, 6) is 0.670. The first kappa shape index (κ1) is 15.5. The number of rotatable bonds is 8. The number of carbonyl (C=O) groups excluding carboxylic acids is 1. The molecule has 0 bridgehead atoms. The minimum absolute atomic E-state index is 0.0528. The third kappa shape index (κ3) is 5.57. The Bertz CT molecular complexity index is 452. The molecule has 0 unspecified atom stereocenters. The molecule has 21 heavy (non-hydrogen) atoms. The van der Waals surface area contributed by atoms with Crippen LogP contribution in [0.3, 0.4) is 0 Å².